The summed E-state index contributed by atoms with van der Waals surface area (Å²) < 4.78 is 0.749. The maximum absolute atomic E-state index is 6.01. The van der Waals surface area contributed by atoms with Crippen LogP contribution in [0.4, 0.5) is 0 Å². The highest BCUT2D eigenvalue weighted by Crippen LogP contribution is 2.26. The first-order valence-corrected chi connectivity index (χ1v) is 5.97. The third-order valence-electron chi connectivity index (χ3n) is 1.99. The van der Waals surface area contributed by atoms with Crippen LogP contribution in [0.1, 0.15) is 19.0 Å². The first kappa shape index (κ1) is 11.5. The minimum absolute atomic E-state index is 0.393. The number of nitrogens with zero attached hydrogens (tertiary/aromatic N) is 4. The van der Waals surface area contributed by atoms with E-state index in [1.54, 1.807) is 0 Å². The van der Waals surface area contributed by atoms with Gasteiger partial charge in [0.2, 0.25) is 0 Å². The van der Waals surface area contributed by atoms with Crippen molar-refractivity contribution in [2.75, 3.05) is 0 Å². The lowest BCUT2D eigenvalue weighted by atomic mass is 10.2. The highest BCUT2D eigenvalue weighted by Gasteiger charge is 2.12. The van der Waals surface area contributed by atoms with Crippen molar-refractivity contribution in [3.63, 3.8) is 0 Å². The summed E-state index contributed by atoms with van der Waals surface area (Å²) in [6.45, 7) is 2.08. The number of hydrogen-bond acceptors (Lipinski definition) is 4. The van der Waals surface area contributed by atoms with Crippen LogP contribution < -0.4 is 0 Å². The van der Waals surface area contributed by atoms with Gasteiger partial charge >= 0.3 is 0 Å². The highest BCUT2D eigenvalue weighted by atomic mass is 79.9. The van der Waals surface area contributed by atoms with E-state index in [0.29, 0.717) is 16.8 Å². The Bertz CT molecular complexity index is 485. The molecule has 0 radical (unpaired) electrons. The Morgan fingerprint density at radius 1 is 1.44 bits per heavy atom. The van der Waals surface area contributed by atoms with Crippen LogP contribution in [-0.4, -0.2) is 25.1 Å². The van der Waals surface area contributed by atoms with E-state index in [1.807, 2.05) is 0 Å². The summed E-state index contributed by atoms with van der Waals surface area (Å²) in [6.07, 6.45) is 3.24. The molecule has 0 saturated carbocycles. The average molecular weight is 303 g/mol. The fraction of sp³-hybridized carbons (Fsp3) is 0.333. The van der Waals surface area contributed by atoms with Crippen molar-refractivity contribution < 1.29 is 0 Å². The monoisotopic (exact) mass is 301 g/mol. The van der Waals surface area contributed by atoms with Crippen LogP contribution in [0.2, 0.25) is 5.15 Å². The van der Waals surface area contributed by atoms with Crippen LogP contribution in [0, 0.1) is 0 Å². The molecule has 0 saturated heterocycles. The van der Waals surface area contributed by atoms with Crippen molar-refractivity contribution in [3.05, 3.63) is 21.6 Å². The van der Waals surface area contributed by atoms with Gasteiger partial charge in [-0.05, 0) is 22.4 Å². The van der Waals surface area contributed by atoms with Gasteiger partial charge in [0, 0.05) is 0 Å². The molecule has 1 N–H and O–H groups in total. The van der Waals surface area contributed by atoms with E-state index in [9.17, 15) is 0 Å². The Balaban J connectivity index is 2.48. The number of rotatable bonds is 3. The van der Waals surface area contributed by atoms with Gasteiger partial charge in [0.1, 0.15) is 11.5 Å². The van der Waals surface area contributed by atoms with Crippen LogP contribution in [-0.2, 0) is 6.42 Å². The summed E-state index contributed by atoms with van der Waals surface area (Å²) in [4.78, 5) is 12.5. The van der Waals surface area contributed by atoms with E-state index >= 15 is 0 Å². The zero-order chi connectivity index (χ0) is 11.5. The smallest absolute Gasteiger partial charge is 0.198 e. The molecule has 2 heterocycles. The summed E-state index contributed by atoms with van der Waals surface area (Å²) >= 11 is 9.39. The molecule has 0 spiro atoms. The van der Waals surface area contributed by atoms with Gasteiger partial charge in [-0.25, -0.2) is 15.0 Å². The number of aryl methyl sites for hydroxylation is 1. The maximum Gasteiger partial charge on any atom is 0.198 e. The van der Waals surface area contributed by atoms with E-state index in [2.05, 4.69) is 48.0 Å². The van der Waals surface area contributed by atoms with Crippen molar-refractivity contribution in [1.29, 1.82) is 0 Å². The Hall–Kier alpha value is -1.01. The summed E-state index contributed by atoms with van der Waals surface area (Å²) in [7, 11) is 0. The first-order valence-electron chi connectivity index (χ1n) is 4.80. The highest BCUT2D eigenvalue weighted by molar-refractivity contribution is 9.10. The molecule has 0 aliphatic carbocycles. The van der Waals surface area contributed by atoms with Crippen molar-refractivity contribution >= 4 is 27.5 Å². The van der Waals surface area contributed by atoms with Crippen LogP contribution in [0.25, 0.3) is 11.6 Å². The topological polar surface area (TPSA) is 67.3 Å². The van der Waals surface area contributed by atoms with Gasteiger partial charge in [0.15, 0.2) is 11.6 Å². The average Bonchev–Trinajstić information content (AvgIpc) is 2.78. The summed E-state index contributed by atoms with van der Waals surface area (Å²) in [5, 5.41) is 6.86. The number of H-pyrrole nitrogens is 1. The largest absolute Gasteiger partial charge is 0.257 e. The Kier molecular flexibility index (Phi) is 3.50. The van der Waals surface area contributed by atoms with Gasteiger partial charge < -0.3 is 0 Å². The van der Waals surface area contributed by atoms with Crippen LogP contribution in [0.5, 0.6) is 0 Å². The molecular weight excluding hydrogens is 293 g/mol. The van der Waals surface area contributed by atoms with Crippen molar-refractivity contribution in [3.8, 4) is 11.6 Å². The zero-order valence-electron chi connectivity index (χ0n) is 8.54. The lowest BCUT2D eigenvalue weighted by Crippen LogP contribution is -1.99. The fourth-order valence-corrected chi connectivity index (χ4v) is 1.85. The Morgan fingerprint density at radius 2 is 2.25 bits per heavy atom. The summed E-state index contributed by atoms with van der Waals surface area (Å²) in [6, 6.07) is 0. The van der Waals surface area contributed by atoms with Crippen LogP contribution in [0.3, 0.4) is 0 Å². The van der Waals surface area contributed by atoms with Crippen molar-refractivity contribution in [2.24, 2.45) is 0 Å². The molecule has 0 amide bonds. The van der Waals surface area contributed by atoms with Gasteiger partial charge in [-0.15, -0.1) is 0 Å². The molecule has 0 aliphatic rings. The van der Waals surface area contributed by atoms with E-state index in [0.717, 1.165) is 23.0 Å². The standard InChI is InChI=1S/C9H9BrClN5/c1-2-3-5-6(10)7(11)15-9(14-5)8-12-4-13-16-8/h4H,2-3H2,1H3,(H,12,13,16). The van der Waals surface area contributed by atoms with Crippen LogP contribution >= 0.6 is 27.5 Å². The van der Waals surface area contributed by atoms with Gasteiger partial charge in [-0.1, -0.05) is 24.9 Å². The Morgan fingerprint density at radius 3 is 2.88 bits per heavy atom. The number of aromatic nitrogens is 5. The zero-order valence-corrected chi connectivity index (χ0v) is 10.9. The molecule has 0 atom stereocenters. The molecule has 2 aromatic rings. The van der Waals surface area contributed by atoms with E-state index in [1.165, 1.54) is 6.33 Å². The molecule has 0 fully saturated rings. The second-order valence-electron chi connectivity index (χ2n) is 3.18. The third-order valence-corrected chi connectivity index (χ3v) is 3.33. The molecule has 2 aromatic heterocycles. The molecule has 0 unspecified atom stereocenters. The summed E-state index contributed by atoms with van der Waals surface area (Å²) in [5.74, 6) is 0.987. The first-order chi connectivity index (χ1) is 7.72. The second kappa shape index (κ2) is 4.88. The molecule has 7 heteroatoms. The number of aromatic amines is 1. The summed E-state index contributed by atoms with van der Waals surface area (Å²) in [5.41, 5.74) is 0.883. The molecule has 5 nitrogen and oxygen atoms in total. The molecule has 2 rings (SSSR count). The number of nitrogens with one attached hydrogen (secondary N) is 1. The van der Waals surface area contributed by atoms with Crippen LogP contribution in [0.15, 0.2) is 10.8 Å². The SMILES string of the molecule is CCCc1nc(-c2ncn[nH]2)nc(Cl)c1Br. The number of halogens is 2. The van der Waals surface area contributed by atoms with E-state index < -0.39 is 0 Å². The van der Waals surface area contributed by atoms with Gasteiger partial charge in [0.05, 0.1) is 10.2 Å². The number of hydrogen-bond donors (Lipinski definition) is 1. The van der Waals surface area contributed by atoms with Gasteiger partial charge in [-0.3, -0.25) is 5.10 Å². The Labute approximate surface area is 106 Å². The second-order valence-corrected chi connectivity index (χ2v) is 4.33. The molecular formula is C9H9BrClN5. The van der Waals surface area contributed by atoms with E-state index in [4.69, 9.17) is 11.6 Å². The van der Waals surface area contributed by atoms with Crippen molar-refractivity contribution in [2.45, 2.75) is 19.8 Å². The third kappa shape index (κ3) is 2.22. The molecule has 0 aromatic carbocycles. The molecule has 0 aliphatic heterocycles. The lowest BCUT2D eigenvalue weighted by molar-refractivity contribution is 0.864. The quantitative estimate of drug-likeness (QED) is 0.885. The van der Waals surface area contributed by atoms with Crippen molar-refractivity contribution in [1.82, 2.24) is 25.1 Å². The molecule has 84 valence electrons. The minimum Gasteiger partial charge on any atom is -0.257 e. The molecule has 16 heavy (non-hydrogen) atoms. The lowest BCUT2D eigenvalue weighted by Gasteiger charge is -2.05. The van der Waals surface area contributed by atoms with Gasteiger partial charge in [-0.2, -0.15) is 5.10 Å². The normalized spacial score (nSPS) is 10.7. The fourth-order valence-electron chi connectivity index (χ4n) is 1.28. The molecule has 0 bridgehead atoms. The maximum atomic E-state index is 6.01. The van der Waals surface area contributed by atoms with Gasteiger partial charge in [0.25, 0.3) is 0 Å². The minimum atomic E-state index is 0.393. The predicted octanol–water partition coefficient (Wildman–Crippen LogP) is 2.63. The predicted molar refractivity (Wildman–Crippen MR) is 64.1 cm³/mol. The van der Waals surface area contributed by atoms with E-state index in [-0.39, 0.29) is 0 Å².